The van der Waals surface area contributed by atoms with Gasteiger partial charge in [0, 0.05) is 0 Å². The molecule has 0 spiro atoms. The largest absolute Gasteiger partial charge is 0.240 e. The van der Waals surface area contributed by atoms with Crippen molar-refractivity contribution in [3.63, 3.8) is 0 Å². The Morgan fingerprint density at radius 1 is 1.33 bits per heavy atom. The Morgan fingerprint density at radius 2 is 2.17 bits per heavy atom. The van der Waals surface area contributed by atoms with Crippen LogP contribution in [0.1, 0.15) is 25.5 Å². The summed E-state index contributed by atoms with van der Waals surface area (Å²) < 4.78 is 1.23. The molecule has 0 aliphatic carbocycles. The second kappa shape index (κ2) is 2.83. The van der Waals surface area contributed by atoms with E-state index in [4.69, 9.17) is 0 Å². The molecule has 0 unspecified atom stereocenters. The Morgan fingerprint density at radius 3 is 2.92 bits per heavy atom. The van der Waals surface area contributed by atoms with Crippen LogP contribution in [0.4, 0.5) is 0 Å². The molecule has 2 heterocycles. The first-order valence-electron chi connectivity index (χ1n) is 3.97. The minimum atomic E-state index is 0.481. The molecule has 0 fully saturated rings. The summed E-state index contributed by atoms with van der Waals surface area (Å²) in [5, 5.41) is 2.06. The fraction of sp³-hybridized carbons (Fsp3) is 0.333. The Hall–Kier alpha value is -0.960. The van der Waals surface area contributed by atoms with Crippen molar-refractivity contribution in [3.05, 3.63) is 23.5 Å². The van der Waals surface area contributed by atoms with Gasteiger partial charge in [-0.1, -0.05) is 13.8 Å². The van der Waals surface area contributed by atoms with Crippen molar-refractivity contribution in [2.24, 2.45) is 0 Å². The topological polar surface area (TPSA) is 25.8 Å². The number of hydrogen-bond donors (Lipinski definition) is 0. The highest BCUT2D eigenvalue weighted by Crippen LogP contribution is 2.25. The van der Waals surface area contributed by atoms with E-state index in [2.05, 4.69) is 29.2 Å². The predicted octanol–water partition coefficient (Wildman–Crippen LogP) is 2.81. The van der Waals surface area contributed by atoms with Crippen LogP contribution in [0.5, 0.6) is 0 Å². The number of rotatable bonds is 1. The van der Waals surface area contributed by atoms with E-state index in [1.807, 2.05) is 6.07 Å². The molecule has 0 bridgehead atoms. The fourth-order valence-corrected chi connectivity index (χ4v) is 2.20. The van der Waals surface area contributed by atoms with Crippen molar-refractivity contribution in [1.82, 2.24) is 9.97 Å². The zero-order valence-electron chi connectivity index (χ0n) is 7.11. The smallest absolute Gasteiger partial charge is 0.116 e. The quantitative estimate of drug-likeness (QED) is 0.671. The van der Waals surface area contributed by atoms with Crippen LogP contribution >= 0.6 is 11.3 Å². The van der Waals surface area contributed by atoms with Crippen molar-refractivity contribution in [2.75, 3.05) is 0 Å². The molecule has 0 aliphatic heterocycles. The Kier molecular flexibility index (Phi) is 1.81. The van der Waals surface area contributed by atoms with Gasteiger partial charge in [-0.3, -0.25) is 0 Å². The minimum Gasteiger partial charge on any atom is -0.240 e. The van der Waals surface area contributed by atoms with Crippen molar-refractivity contribution in [3.8, 4) is 0 Å². The molecule has 3 heteroatoms. The maximum Gasteiger partial charge on any atom is 0.116 e. The molecule has 2 aromatic heterocycles. The van der Waals surface area contributed by atoms with Crippen molar-refractivity contribution in [1.29, 1.82) is 0 Å². The third-order valence-electron chi connectivity index (χ3n) is 1.82. The van der Waals surface area contributed by atoms with Gasteiger partial charge in [0.05, 0.1) is 15.9 Å². The van der Waals surface area contributed by atoms with Crippen LogP contribution in [0, 0.1) is 0 Å². The molecule has 0 aliphatic rings. The van der Waals surface area contributed by atoms with Gasteiger partial charge in [-0.25, -0.2) is 9.97 Å². The van der Waals surface area contributed by atoms with E-state index in [0.717, 1.165) is 11.2 Å². The third-order valence-corrected chi connectivity index (χ3v) is 2.74. The Bertz CT molecular complexity index is 392. The number of aromatic nitrogens is 2. The van der Waals surface area contributed by atoms with Gasteiger partial charge in [0.15, 0.2) is 0 Å². The van der Waals surface area contributed by atoms with Crippen LogP contribution in [-0.2, 0) is 0 Å². The zero-order chi connectivity index (χ0) is 8.55. The van der Waals surface area contributed by atoms with E-state index < -0.39 is 0 Å². The van der Waals surface area contributed by atoms with Crippen LogP contribution in [0.3, 0.4) is 0 Å². The van der Waals surface area contributed by atoms with Crippen LogP contribution in [0.15, 0.2) is 17.8 Å². The van der Waals surface area contributed by atoms with Crippen molar-refractivity contribution in [2.45, 2.75) is 19.8 Å². The molecular weight excluding hydrogens is 168 g/mol. The highest BCUT2D eigenvalue weighted by Gasteiger charge is 2.07. The first kappa shape index (κ1) is 7.68. The fourth-order valence-electron chi connectivity index (χ4n) is 1.22. The molecule has 62 valence electrons. The summed E-state index contributed by atoms with van der Waals surface area (Å²) in [4.78, 5) is 8.46. The van der Waals surface area contributed by atoms with Gasteiger partial charge >= 0.3 is 0 Å². The summed E-state index contributed by atoms with van der Waals surface area (Å²) >= 11 is 1.72. The molecule has 2 nitrogen and oxygen atoms in total. The molecule has 0 amide bonds. The zero-order valence-corrected chi connectivity index (χ0v) is 7.93. The Balaban J connectivity index is 2.73. The molecule has 0 saturated heterocycles. The van der Waals surface area contributed by atoms with Gasteiger partial charge in [0.25, 0.3) is 0 Å². The molecule has 0 radical (unpaired) electrons. The summed E-state index contributed by atoms with van der Waals surface area (Å²) in [7, 11) is 0. The summed E-state index contributed by atoms with van der Waals surface area (Å²) in [6.07, 6.45) is 1.64. The van der Waals surface area contributed by atoms with Gasteiger partial charge in [0.2, 0.25) is 0 Å². The first-order valence-corrected chi connectivity index (χ1v) is 4.85. The van der Waals surface area contributed by atoms with E-state index in [1.54, 1.807) is 17.7 Å². The highest BCUT2D eigenvalue weighted by molar-refractivity contribution is 7.17. The van der Waals surface area contributed by atoms with E-state index >= 15 is 0 Å². The van der Waals surface area contributed by atoms with Crippen LogP contribution in [0.25, 0.3) is 10.2 Å². The lowest BCUT2D eigenvalue weighted by Gasteiger charge is -2.03. The van der Waals surface area contributed by atoms with Gasteiger partial charge in [-0.05, 0) is 17.4 Å². The lowest BCUT2D eigenvalue weighted by molar-refractivity contribution is 0.831. The summed E-state index contributed by atoms with van der Waals surface area (Å²) in [5.41, 5.74) is 2.23. The number of hydrogen-bond acceptors (Lipinski definition) is 3. The van der Waals surface area contributed by atoms with Gasteiger partial charge in [-0.2, -0.15) is 0 Å². The number of thiophene rings is 1. The molecule has 0 saturated carbocycles. The molecule has 2 rings (SSSR count). The van der Waals surface area contributed by atoms with E-state index in [9.17, 15) is 0 Å². The van der Waals surface area contributed by atoms with Crippen LogP contribution in [-0.4, -0.2) is 9.97 Å². The van der Waals surface area contributed by atoms with Crippen LogP contribution < -0.4 is 0 Å². The van der Waals surface area contributed by atoms with Crippen LogP contribution in [0.2, 0.25) is 0 Å². The van der Waals surface area contributed by atoms with Crippen molar-refractivity contribution >= 4 is 21.6 Å². The molecule has 0 aromatic carbocycles. The van der Waals surface area contributed by atoms with E-state index in [-0.39, 0.29) is 0 Å². The second-order valence-corrected chi connectivity index (χ2v) is 3.96. The third kappa shape index (κ3) is 1.10. The maximum absolute atomic E-state index is 4.28. The summed E-state index contributed by atoms with van der Waals surface area (Å²) in [6.45, 7) is 4.31. The first-order chi connectivity index (χ1) is 5.79. The highest BCUT2D eigenvalue weighted by atomic mass is 32.1. The predicted molar refractivity (Wildman–Crippen MR) is 51.5 cm³/mol. The van der Waals surface area contributed by atoms with Gasteiger partial charge < -0.3 is 0 Å². The van der Waals surface area contributed by atoms with Gasteiger partial charge in [-0.15, -0.1) is 11.3 Å². The summed E-state index contributed by atoms with van der Waals surface area (Å²) in [6, 6.07) is 2.04. The average Bonchev–Trinajstić information content (AvgIpc) is 2.49. The van der Waals surface area contributed by atoms with E-state index in [1.165, 1.54) is 4.70 Å². The maximum atomic E-state index is 4.28. The molecule has 0 N–H and O–H groups in total. The SMILES string of the molecule is CC(C)c1ncnc2ccsc12. The minimum absolute atomic E-state index is 0.481. The average molecular weight is 178 g/mol. The molecule has 12 heavy (non-hydrogen) atoms. The normalized spacial score (nSPS) is 11.2. The lowest BCUT2D eigenvalue weighted by atomic mass is 10.1. The molecular formula is C9H10N2S. The number of nitrogens with zero attached hydrogens (tertiary/aromatic N) is 2. The van der Waals surface area contributed by atoms with Gasteiger partial charge in [0.1, 0.15) is 6.33 Å². The second-order valence-electron chi connectivity index (χ2n) is 3.05. The van der Waals surface area contributed by atoms with Crippen molar-refractivity contribution < 1.29 is 0 Å². The lowest BCUT2D eigenvalue weighted by Crippen LogP contribution is -1.92. The van der Waals surface area contributed by atoms with E-state index in [0.29, 0.717) is 5.92 Å². The monoisotopic (exact) mass is 178 g/mol. The Labute approximate surface area is 75.3 Å². The standard InChI is InChI=1S/C9H10N2S/c1-6(2)8-9-7(3-4-12-9)10-5-11-8/h3-6H,1-2H3. The molecule has 2 aromatic rings. The summed E-state index contributed by atoms with van der Waals surface area (Å²) in [5.74, 6) is 0.481. The number of fused-ring (bicyclic) bond motifs is 1. The molecule has 0 atom stereocenters.